The van der Waals surface area contributed by atoms with Crippen molar-refractivity contribution in [3.8, 4) is 0 Å². The SMILES string of the molecule is OCC1(c2ccccc2)CCN(c2[c]cnc3ccc(F)cc23)CC1. The average Bonchev–Trinajstić information content (AvgIpc) is 2.68. The molecule has 0 atom stereocenters. The summed E-state index contributed by atoms with van der Waals surface area (Å²) in [5.74, 6) is -0.263. The van der Waals surface area contributed by atoms with Gasteiger partial charge in [-0.25, -0.2) is 4.39 Å². The molecule has 2 aromatic carbocycles. The predicted molar refractivity (Wildman–Crippen MR) is 97.2 cm³/mol. The van der Waals surface area contributed by atoms with Gasteiger partial charge in [-0.15, -0.1) is 0 Å². The smallest absolute Gasteiger partial charge is 0.124 e. The van der Waals surface area contributed by atoms with E-state index in [1.165, 1.54) is 17.7 Å². The zero-order valence-corrected chi connectivity index (χ0v) is 14.0. The summed E-state index contributed by atoms with van der Waals surface area (Å²) >= 11 is 0. The molecule has 2 heterocycles. The van der Waals surface area contributed by atoms with Crippen molar-refractivity contribution in [3.63, 3.8) is 0 Å². The first-order chi connectivity index (χ1) is 12.2. The van der Waals surface area contributed by atoms with Gasteiger partial charge in [0.05, 0.1) is 17.8 Å². The van der Waals surface area contributed by atoms with Gasteiger partial charge in [0.2, 0.25) is 0 Å². The van der Waals surface area contributed by atoms with E-state index in [0.29, 0.717) is 0 Å². The van der Waals surface area contributed by atoms with Crippen LogP contribution in [0.25, 0.3) is 10.9 Å². The molecule has 3 nitrogen and oxygen atoms in total. The molecule has 0 unspecified atom stereocenters. The third kappa shape index (κ3) is 2.87. The quantitative estimate of drug-likeness (QED) is 0.793. The second-order valence-corrected chi connectivity index (χ2v) is 6.70. The van der Waals surface area contributed by atoms with Gasteiger partial charge in [0.25, 0.3) is 0 Å². The van der Waals surface area contributed by atoms with Gasteiger partial charge in [-0.1, -0.05) is 30.3 Å². The number of rotatable bonds is 3. The van der Waals surface area contributed by atoms with Crippen molar-refractivity contribution in [2.75, 3.05) is 24.6 Å². The van der Waals surface area contributed by atoms with Gasteiger partial charge >= 0.3 is 0 Å². The summed E-state index contributed by atoms with van der Waals surface area (Å²) in [6.45, 7) is 1.73. The summed E-state index contributed by atoms with van der Waals surface area (Å²) in [4.78, 5) is 6.50. The summed E-state index contributed by atoms with van der Waals surface area (Å²) in [5.41, 5.74) is 2.65. The first-order valence-electron chi connectivity index (χ1n) is 8.59. The van der Waals surface area contributed by atoms with E-state index in [2.05, 4.69) is 28.1 Å². The molecule has 0 spiro atoms. The zero-order chi connectivity index (χ0) is 17.3. The summed E-state index contributed by atoms with van der Waals surface area (Å²) in [5, 5.41) is 10.9. The second-order valence-electron chi connectivity index (χ2n) is 6.70. The molecule has 0 aliphatic carbocycles. The maximum atomic E-state index is 13.7. The van der Waals surface area contributed by atoms with E-state index >= 15 is 0 Å². The normalized spacial score (nSPS) is 17.0. The van der Waals surface area contributed by atoms with Crippen LogP contribution >= 0.6 is 0 Å². The van der Waals surface area contributed by atoms with Gasteiger partial charge in [-0.05, 0) is 36.6 Å². The Labute approximate surface area is 146 Å². The standard InChI is InChI=1S/C21H20FN2O/c22-17-6-7-19-18(14-17)20(8-11-23-19)24-12-9-21(15-25,10-13-24)16-4-2-1-3-5-16/h1-7,11,14,25H,9-10,12-13,15H2. The Hall–Kier alpha value is -2.46. The molecule has 1 saturated heterocycles. The number of benzene rings is 2. The van der Waals surface area contributed by atoms with Crippen LogP contribution < -0.4 is 4.90 Å². The Morgan fingerprint density at radius 1 is 1.12 bits per heavy atom. The fourth-order valence-electron chi connectivity index (χ4n) is 3.80. The molecule has 1 fully saturated rings. The Balaban J connectivity index is 1.63. The molecule has 1 aliphatic heterocycles. The number of nitrogens with zero attached hydrogens (tertiary/aromatic N) is 2. The highest BCUT2D eigenvalue weighted by molar-refractivity contribution is 5.91. The summed E-state index contributed by atoms with van der Waals surface area (Å²) in [6.07, 6.45) is 3.35. The number of aromatic nitrogens is 1. The lowest BCUT2D eigenvalue weighted by Crippen LogP contribution is -2.45. The molecule has 1 aliphatic rings. The summed E-state index contributed by atoms with van der Waals surface area (Å²) in [6, 6.07) is 18.1. The van der Waals surface area contributed by atoms with Gasteiger partial charge < -0.3 is 10.0 Å². The molecule has 0 saturated carbocycles. The minimum atomic E-state index is -0.263. The topological polar surface area (TPSA) is 36.4 Å². The van der Waals surface area contributed by atoms with Crippen LogP contribution in [0.1, 0.15) is 18.4 Å². The van der Waals surface area contributed by atoms with E-state index in [-0.39, 0.29) is 17.8 Å². The Morgan fingerprint density at radius 2 is 1.88 bits per heavy atom. The Morgan fingerprint density at radius 3 is 2.60 bits per heavy atom. The van der Waals surface area contributed by atoms with E-state index in [9.17, 15) is 9.50 Å². The van der Waals surface area contributed by atoms with Crippen molar-refractivity contribution >= 4 is 16.6 Å². The molecule has 0 amide bonds. The zero-order valence-electron chi connectivity index (χ0n) is 14.0. The first-order valence-corrected chi connectivity index (χ1v) is 8.59. The van der Waals surface area contributed by atoms with Crippen LogP contribution in [0.15, 0.2) is 54.7 Å². The number of anilines is 1. The number of pyridine rings is 1. The van der Waals surface area contributed by atoms with Crippen LogP contribution in [-0.4, -0.2) is 29.8 Å². The number of halogens is 1. The van der Waals surface area contributed by atoms with Crippen LogP contribution in [0.2, 0.25) is 0 Å². The number of hydrogen-bond donors (Lipinski definition) is 1. The molecular weight excluding hydrogens is 315 g/mol. The maximum Gasteiger partial charge on any atom is 0.124 e. The van der Waals surface area contributed by atoms with Crippen molar-refractivity contribution in [3.05, 3.63) is 72.2 Å². The highest BCUT2D eigenvalue weighted by Crippen LogP contribution is 2.37. The Bertz CT molecular complexity index is 873. The van der Waals surface area contributed by atoms with Crippen molar-refractivity contribution < 1.29 is 9.50 Å². The van der Waals surface area contributed by atoms with E-state index in [1.807, 2.05) is 18.2 Å². The van der Waals surface area contributed by atoms with E-state index in [0.717, 1.165) is 42.5 Å². The third-order valence-electron chi connectivity index (χ3n) is 5.34. The lowest BCUT2D eigenvalue weighted by atomic mass is 9.73. The van der Waals surface area contributed by atoms with Crippen LogP contribution in [0.3, 0.4) is 0 Å². The van der Waals surface area contributed by atoms with Crippen molar-refractivity contribution in [2.45, 2.75) is 18.3 Å². The van der Waals surface area contributed by atoms with Crippen LogP contribution in [0.5, 0.6) is 0 Å². The molecule has 25 heavy (non-hydrogen) atoms. The fourth-order valence-corrected chi connectivity index (χ4v) is 3.80. The highest BCUT2D eigenvalue weighted by atomic mass is 19.1. The first kappa shape index (κ1) is 16.0. The fraction of sp³-hybridized carbons (Fsp3) is 0.286. The Kier molecular flexibility index (Phi) is 4.14. The number of aliphatic hydroxyl groups is 1. The molecule has 1 N–H and O–H groups in total. The number of piperidine rings is 1. The van der Waals surface area contributed by atoms with Crippen molar-refractivity contribution in [1.29, 1.82) is 0 Å². The van der Waals surface area contributed by atoms with E-state index in [4.69, 9.17) is 0 Å². The predicted octanol–water partition coefficient (Wildman–Crippen LogP) is 3.70. The number of hydrogen-bond acceptors (Lipinski definition) is 3. The van der Waals surface area contributed by atoms with E-state index in [1.54, 1.807) is 12.3 Å². The molecule has 1 radical (unpaired) electrons. The minimum Gasteiger partial charge on any atom is -0.395 e. The largest absolute Gasteiger partial charge is 0.395 e. The van der Waals surface area contributed by atoms with Crippen molar-refractivity contribution in [2.24, 2.45) is 0 Å². The van der Waals surface area contributed by atoms with Crippen LogP contribution in [0, 0.1) is 11.9 Å². The number of aliphatic hydroxyl groups excluding tert-OH is 1. The average molecular weight is 335 g/mol. The summed E-state index contributed by atoms with van der Waals surface area (Å²) < 4.78 is 13.7. The second kappa shape index (κ2) is 6.45. The van der Waals surface area contributed by atoms with Crippen LogP contribution in [0.4, 0.5) is 10.1 Å². The highest BCUT2D eigenvalue weighted by Gasteiger charge is 2.36. The molecule has 3 aromatic rings. The monoisotopic (exact) mass is 335 g/mol. The lowest BCUT2D eigenvalue weighted by molar-refractivity contribution is 0.165. The summed E-state index contributed by atoms with van der Waals surface area (Å²) in [7, 11) is 0. The third-order valence-corrected chi connectivity index (χ3v) is 5.34. The maximum absolute atomic E-state index is 13.7. The molecule has 1 aromatic heterocycles. The molecule has 4 rings (SSSR count). The molecule has 127 valence electrons. The lowest BCUT2D eigenvalue weighted by Gasteiger charge is -2.42. The van der Waals surface area contributed by atoms with Gasteiger partial charge in [0.15, 0.2) is 0 Å². The van der Waals surface area contributed by atoms with Gasteiger partial charge in [-0.3, -0.25) is 4.98 Å². The van der Waals surface area contributed by atoms with Crippen LogP contribution in [-0.2, 0) is 5.41 Å². The van der Waals surface area contributed by atoms with E-state index < -0.39 is 0 Å². The number of fused-ring (bicyclic) bond motifs is 1. The van der Waals surface area contributed by atoms with Gasteiger partial charge in [-0.2, -0.15) is 0 Å². The minimum absolute atomic E-state index is 0.139. The van der Waals surface area contributed by atoms with Crippen molar-refractivity contribution in [1.82, 2.24) is 4.98 Å². The molecular formula is C21H20FN2O. The molecule has 0 bridgehead atoms. The van der Waals surface area contributed by atoms with Gasteiger partial charge in [0, 0.05) is 36.2 Å². The van der Waals surface area contributed by atoms with Gasteiger partial charge in [0.1, 0.15) is 5.82 Å². The molecule has 4 heteroatoms.